The van der Waals surface area contributed by atoms with Crippen molar-refractivity contribution in [2.45, 2.75) is 6.36 Å². The highest BCUT2D eigenvalue weighted by atomic mass is 19.4. The van der Waals surface area contributed by atoms with E-state index in [2.05, 4.69) is 9.72 Å². The van der Waals surface area contributed by atoms with Crippen molar-refractivity contribution in [3.63, 3.8) is 0 Å². The van der Waals surface area contributed by atoms with E-state index in [4.69, 9.17) is 16.1 Å². The number of halogens is 3. The Hall–Kier alpha value is -2.50. The van der Waals surface area contributed by atoms with Crippen LogP contribution in [0.1, 0.15) is 15.9 Å². The maximum Gasteiger partial charge on any atom is 0.574 e. The second kappa shape index (κ2) is 4.17. The molecule has 0 fully saturated rings. The number of aromatic nitrogens is 1. The van der Waals surface area contributed by atoms with Crippen molar-refractivity contribution in [2.75, 3.05) is 5.73 Å². The van der Waals surface area contributed by atoms with Gasteiger partial charge in [-0.2, -0.15) is 5.26 Å². The van der Waals surface area contributed by atoms with Gasteiger partial charge in [-0.1, -0.05) is 0 Å². The first-order valence-electron chi connectivity index (χ1n) is 3.94. The van der Waals surface area contributed by atoms with Gasteiger partial charge in [0.2, 0.25) is 5.88 Å². The largest absolute Gasteiger partial charge is 0.574 e. The Balaban J connectivity index is 3.32. The first kappa shape index (κ1) is 12.6. The molecule has 0 aliphatic carbocycles. The molecule has 0 saturated carbocycles. The first-order chi connectivity index (χ1) is 7.76. The Morgan fingerprint density at radius 3 is 2.59 bits per heavy atom. The monoisotopic (exact) mass is 247 g/mol. The molecule has 1 rings (SSSR count). The van der Waals surface area contributed by atoms with Crippen molar-refractivity contribution in [3.8, 4) is 11.9 Å². The van der Waals surface area contributed by atoms with Gasteiger partial charge in [0, 0.05) is 6.20 Å². The minimum absolute atomic E-state index is 0.568. The Morgan fingerprint density at radius 2 is 2.18 bits per heavy atom. The summed E-state index contributed by atoms with van der Waals surface area (Å²) in [7, 11) is 0. The molecule has 90 valence electrons. The number of nitrogens with zero attached hydrogens (tertiary/aromatic N) is 2. The lowest BCUT2D eigenvalue weighted by molar-refractivity contribution is -0.275. The number of carbonyl (C=O) groups is 1. The molecule has 1 aromatic heterocycles. The van der Waals surface area contributed by atoms with E-state index in [1.165, 1.54) is 6.07 Å². The number of carboxylic acids is 1. The minimum atomic E-state index is -5.03. The van der Waals surface area contributed by atoms with Gasteiger partial charge in [0.25, 0.3) is 0 Å². The normalized spacial score (nSPS) is 10.7. The number of nitrogens with two attached hydrogens (primary N) is 1. The quantitative estimate of drug-likeness (QED) is 0.810. The highest BCUT2D eigenvalue weighted by Gasteiger charge is 2.33. The molecule has 0 amide bonds. The average molecular weight is 247 g/mol. The summed E-state index contributed by atoms with van der Waals surface area (Å²) in [6, 6.07) is 1.38. The van der Waals surface area contributed by atoms with E-state index in [1.54, 1.807) is 0 Å². The number of pyridine rings is 1. The Labute approximate surface area is 92.0 Å². The molecule has 0 saturated heterocycles. The molecule has 1 heterocycles. The van der Waals surface area contributed by atoms with Crippen LogP contribution in [0.4, 0.5) is 18.9 Å². The molecule has 6 nitrogen and oxygen atoms in total. The zero-order valence-corrected chi connectivity index (χ0v) is 7.95. The van der Waals surface area contributed by atoms with Crippen LogP contribution in [0, 0.1) is 11.3 Å². The van der Waals surface area contributed by atoms with Gasteiger partial charge in [0.1, 0.15) is 11.8 Å². The first-order valence-corrected chi connectivity index (χ1v) is 3.94. The van der Waals surface area contributed by atoms with Crippen molar-refractivity contribution >= 4 is 11.7 Å². The van der Waals surface area contributed by atoms with Crippen LogP contribution in [0.3, 0.4) is 0 Å². The molecule has 0 aliphatic rings. The van der Waals surface area contributed by atoms with Crippen LogP contribution in [-0.4, -0.2) is 22.4 Å². The van der Waals surface area contributed by atoms with E-state index in [-0.39, 0.29) is 0 Å². The lowest BCUT2D eigenvalue weighted by atomic mass is 10.1. The number of ether oxygens (including phenoxy) is 1. The molecule has 0 unspecified atom stereocenters. The third kappa shape index (κ3) is 2.75. The van der Waals surface area contributed by atoms with E-state index < -0.39 is 35.0 Å². The van der Waals surface area contributed by atoms with Gasteiger partial charge in [-0.15, -0.1) is 13.2 Å². The van der Waals surface area contributed by atoms with Gasteiger partial charge < -0.3 is 15.6 Å². The maximum absolute atomic E-state index is 11.9. The summed E-state index contributed by atoms with van der Waals surface area (Å²) in [6.07, 6.45) is -4.46. The van der Waals surface area contributed by atoms with E-state index in [1.807, 2.05) is 0 Å². The van der Waals surface area contributed by atoms with Gasteiger partial charge in [-0.25, -0.2) is 9.78 Å². The fraction of sp³-hybridized carbons (Fsp3) is 0.125. The number of hydrogen-bond donors (Lipinski definition) is 2. The fourth-order valence-corrected chi connectivity index (χ4v) is 0.983. The van der Waals surface area contributed by atoms with E-state index in [0.717, 1.165) is 0 Å². The highest BCUT2D eigenvalue weighted by Crippen LogP contribution is 2.29. The number of hydrogen-bond acceptors (Lipinski definition) is 5. The van der Waals surface area contributed by atoms with E-state index in [9.17, 15) is 18.0 Å². The van der Waals surface area contributed by atoms with Crippen LogP contribution in [0.2, 0.25) is 0 Å². The van der Waals surface area contributed by atoms with Crippen LogP contribution in [0.25, 0.3) is 0 Å². The number of rotatable bonds is 2. The average Bonchev–Trinajstić information content (AvgIpc) is 2.18. The predicted molar refractivity (Wildman–Crippen MR) is 47.0 cm³/mol. The van der Waals surface area contributed by atoms with Crippen molar-refractivity contribution in [1.29, 1.82) is 5.26 Å². The SMILES string of the molecule is N#Cc1c(C(=O)O)cnc(OC(F)(F)F)c1N. The number of nitrogen functional groups attached to an aromatic ring is 1. The summed E-state index contributed by atoms with van der Waals surface area (Å²) >= 11 is 0. The summed E-state index contributed by atoms with van der Waals surface area (Å²) in [6.45, 7) is 0. The van der Waals surface area contributed by atoms with Crippen molar-refractivity contribution in [1.82, 2.24) is 4.98 Å². The second-order valence-corrected chi connectivity index (χ2v) is 2.73. The number of aromatic carboxylic acids is 1. The van der Waals surface area contributed by atoms with E-state index in [0.29, 0.717) is 6.20 Å². The zero-order valence-electron chi connectivity index (χ0n) is 7.95. The lowest BCUT2D eigenvalue weighted by Gasteiger charge is -2.11. The summed E-state index contributed by atoms with van der Waals surface area (Å²) < 4.78 is 39.1. The smallest absolute Gasteiger partial charge is 0.478 e. The predicted octanol–water partition coefficient (Wildman–Crippen LogP) is 1.13. The van der Waals surface area contributed by atoms with Gasteiger partial charge in [0.05, 0.1) is 11.1 Å². The third-order valence-electron chi connectivity index (χ3n) is 1.63. The topological polar surface area (TPSA) is 109 Å². The molecule has 0 spiro atoms. The zero-order chi connectivity index (χ0) is 13.2. The second-order valence-electron chi connectivity index (χ2n) is 2.73. The lowest BCUT2D eigenvalue weighted by Crippen LogP contribution is -2.20. The summed E-state index contributed by atoms with van der Waals surface area (Å²) in [4.78, 5) is 13.7. The standard InChI is InChI=1S/C8H4F3N3O3/c9-8(10,11)17-6-5(13)3(1-12)4(2-14-6)7(15)16/h2H,13H2,(H,15,16). The van der Waals surface area contributed by atoms with Gasteiger partial charge in [-0.3, -0.25) is 0 Å². The number of alkyl halides is 3. The molecular formula is C8H4F3N3O3. The van der Waals surface area contributed by atoms with Crippen LogP contribution in [0.5, 0.6) is 5.88 Å². The fourth-order valence-electron chi connectivity index (χ4n) is 0.983. The van der Waals surface area contributed by atoms with Crippen molar-refractivity contribution < 1.29 is 27.8 Å². The van der Waals surface area contributed by atoms with E-state index >= 15 is 0 Å². The van der Waals surface area contributed by atoms with Crippen LogP contribution in [-0.2, 0) is 0 Å². The Kier molecular flexibility index (Phi) is 3.08. The molecule has 0 atom stereocenters. The Bertz CT molecular complexity index is 507. The Morgan fingerprint density at radius 1 is 1.59 bits per heavy atom. The van der Waals surface area contributed by atoms with Gasteiger partial charge in [-0.05, 0) is 0 Å². The van der Waals surface area contributed by atoms with Crippen molar-refractivity contribution in [3.05, 3.63) is 17.3 Å². The van der Waals surface area contributed by atoms with Gasteiger partial charge in [0.15, 0.2) is 0 Å². The molecule has 0 aromatic carbocycles. The molecule has 0 radical (unpaired) electrons. The molecular weight excluding hydrogens is 243 g/mol. The van der Waals surface area contributed by atoms with Crippen LogP contribution >= 0.6 is 0 Å². The molecule has 17 heavy (non-hydrogen) atoms. The number of carboxylic acid groups (broad SMARTS) is 1. The molecule has 9 heteroatoms. The molecule has 1 aromatic rings. The van der Waals surface area contributed by atoms with Crippen molar-refractivity contribution in [2.24, 2.45) is 0 Å². The summed E-state index contributed by atoms with van der Waals surface area (Å²) in [5, 5.41) is 17.2. The summed E-state index contributed by atoms with van der Waals surface area (Å²) in [5.41, 5.74) is 3.16. The maximum atomic E-state index is 11.9. The summed E-state index contributed by atoms with van der Waals surface area (Å²) in [5.74, 6) is -2.58. The molecule has 0 aliphatic heterocycles. The molecule has 3 N–H and O–H groups in total. The third-order valence-corrected chi connectivity index (χ3v) is 1.63. The minimum Gasteiger partial charge on any atom is -0.478 e. The van der Waals surface area contributed by atoms with Crippen LogP contribution < -0.4 is 10.5 Å². The number of nitriles is 1. The van der Waals surface area contributed by atoms with Crippen LogP contribution in [0.15, 0.2) is 6.20 Å². The van der Waals surface area contributed by atoms with Gasteiger partial charge >= 0.3 is 12.3 Å². The molecule has 0 bridgehead atoms. The number of anilines is 1. The highest BCUT2D eigenvalue weighted by molar-refractivity contribution is 5.92.